The number of nitro groups is 2. The average molecular weight is 1590 g/mol. The number of ether oxygens (including phenoxy) is 5. The fourth-order valence-electron chi connectivity index (χ4n) is 12.2. The first-order chi connectivity index (χ1) is 51.8. The van der Waals surface area contributed by atoms with E-state index in [1.54, 1.807) is 13.0 Å². The molecule has 109 heavy (non-hydrogen) atoms. The number of amides is 3. The minimum Gasteiger partial charge on any atom is -0.390 e. The van der Waals surface area contributed by atoms with Gasteiger partial charge in [-0.15, -0.1) is 0 Å². The Hall–Kier alpha value is -9.87. The number of aliphatic hydroxyl groups excluding tert-OH is 1. The molecule has 5 fully saturated rings. The van der Waals surface area contributed by atoms with Crippen molar-refractivity contribution >= 4 is 93.6 Å². The monoisotopic (exact) mass is 1590 g/mol. The van der Waals surface area contributed by atoms with Gasteiger partial charge in [-0.25, -0.2) is 19.6 Å². The molecule has 6 unspecified atom stereocenters. The van der Waals surface area contributed by atoms with Gasteiger partial charge < -0.3 is 78.9 Å². The van der Waals surface area contributed by atoms with Crippen LogP contribution >= 0.6 is 38.7 Å². The number of methoxy groups -OCH3 is 1. The van der Waals surface area contributed by atoms with E-state index in [4.69, 9.17) is 53.2 Å². The van der Waals surface area contributed by atoms with Gasteiger partial charge in [0.2, 0.25) is 16.1 Å². The minimum atomic E-state index is -4.38. The molecule has 0 aliphatic carbocycles. The number of carbonyl (C=O) groups is 5. The number of nitro benzene ring substituents is 2. The summed E-state index contributed by atoms with van der Waals surface area (Å²) in [5, 5.41) is 45.0. The lowest BCUT2D eigenvalue weighted by Crippen LogP contribution is -2.49. The van der Waals surface area contributed by atoms with Gasteiger partial charge in [-0.3, -0.25) is 87.3 Å². The number of fused-ring (bicyclic) bond motifs is 1. The number of nitrogens with two attached hydrogens (primary N) is 2. The van der Waals surface area contributed by atoms with Crippen molar-refractivity contribution in [3.63, 3.8) is 0 Å². The Morgan fingerprint density at radius 1 is 0.716 bits per heavy atom. The number of nitrogen functional groups attached to an aromatic ring is 1. The molecule has 4 aromatic heterocycles. The van der Waals surface area contributed by atoms with Crippen LogP contribution in [-0.2, 0) is 65.3 Å². The molecule has 9 heterocycles. The molecule has 11 N–H and O–H groups in total. The third-order valence-corrected chi connectivity index (χ3v) is 21.6. The SMILES string of the molecule is COC[C@H]1O[C@@H](n2cc(C#CCNC(=O)CN)c(=O)[nH]c2=O)C[C@@H]1OP(C)(=O)OC[C@H]1O[C@@H](n2cc(C#Cc3ccc(C(C)OC4CNC(=O)SC4=O)c([N+](=O)[O-])c3)c(=O)[nH]c2=O)C[C@@H]1OP(C)(=O)OC[C@H]1O[C@@H](n2cc(C#Cc3ccc(C(C)NC4CNC(=O)SC4=O)c([N+](=O)[O-])c3)c3c(N)ncnc32)C[C@@H]1O. The van der Waals surface area contributed by atoms with E-state index in [1.807, 2.05) is 0 Å². The highest BCUT2D eigenvalue weighted by Crippen LogP contribution is 2.53. The summed E-state index contributed by atoms with van der Waals surface area (Å²) in [5.41, 5.74) is 7.65. The van der Waals surface area contributed by atoms with E-state index in [9.17, 15) is 77.6 Å². The maximum Gasteiger partial charge on any atom is 0.330 e. The number of benzene rings is 2. The van der Waals surface area contributed by atoms with Crippen molar-refractivity contribution in [3.05, 3.63) is 162 Å². The number of anilines is 1. The summed E-state index contributed by atoms with van der Waals surface area (Å²) >= 11 is 0.901. The maximum absolute atomic E-state index is 14.7. The van der Waals surface area contributed by atoms with Crippen LogP contribution in [0.3, 0.4) is 0 Å². The van der Waals surface area contributed by atoms with E-state index in [1.165, 1.54) is 55.4 Å². The maximum atomic E-state index is 14.7. The van der Waals surface area contributed by atoms with E-state index in [0.717, 1.165) is 40.9 Å². The van der Waals surface area contributed by atoms with Gasteiger partial charge in [0.1, 0.15) is 72.0 Å². The molecule has 5 aliphatic rings. The van der Waals surface area contributed by atoms with Crippen LogP contribution in [0.1, 0.15) is 103 Å². The molecule has 0 bridgehead atoms. The van der Waals surface area contributed by atoms with Gasteiger partial charge in [-0.1, -0.05) is 35.5 Å². The number of rotatable bonds is 25. The van der Waals surface area contributed by atoms with Gasteiger partial charge in [0.15, 0.2) is 0 Å². The predicted octanol–water partition coefficient (Wildman–Crippen LogP) is 1.91. The van der Waals surface area contributed by atoms with Crippen LogP contribution in [0.15, 0.2) is 80.5 Å². The summed E-state index contributed by atoms with van der Waals surface area (Å²) in [6, 6.07) is 6.63. The molecule has 0 radical (unpaired) electrons. The van der Waals surface area contributed by atoms with Gasteiger partial charge in [0, 0.05) is 123 Å². The first-order valence-corrected chi connectivity index (χ1v) is 38.7. The van der Waals surface area contributed by atoms with Crippen molar-refractivity contribution in [2.45, 2.75) is 113 Å². The fourth-order valence-corrected chi connectivity index (χ4v) is 15.8. The van der Waals surface area contributed by atoms with Gasteiger partial charge >= 0.3 is 26.6 Å². The second kappa shape index (κ2) is 34.4. The van der Waals surface area contributed by atoms with E-state index in [0.29, 0.717) is 23.5 Å². The van der Waals surface area contributed by atoms with Crippen LogP contribution in [0, 0.1) is 55.8 Å². The smallest absolute Gasteiger partial charge is 0.330 e. The van der Waals surface area contributed by atoms with Crippen LogP contribution < -0.4 is 55.2 Å². The number of carbonyl (C=O) groups excluding carboxylic acids is 5. The van der Waals surface area contributed by atoms with Crippen LogP contribution in [0.5, 0.6) is 0 Å². The summed E-state index contributed by atoms with van der Waals surface area (Å²) in [6.07, 6.45) is -8.98. The Morgan fingerprint density at radius 2 is 1.24 bits per heavy atom. The molecule has 576 valence electrons. The number of hydrogen-bond donors (Lipinski definition) is 9. The molecule has 0 spiro atoms. The average Bonchev–Trinajstić information content (AvgIpc) is 1.63. The summed E-state index contributed by atoms with van der Waals surface area (Å²) in [6.45, 7) is 3.23. The van der Waals surface area contributed by atoms with Crippen molar-refractivity contribution in [2.75, 3.05) is 72.2 Å². The topological polar surface area (TPSA) is 550 Å². The second-order valence-corrected chi connectivity index (χ2v) is 31.1. The molecule has 2 aromatic carbocycles. The number of nitrogens with zero attached hydrogens (tertiary/aromatic N) is 7. The Labute approximate surface area is 623 Å². The van der Waals surface area contributed by atoms with Crippen LogP contribution in [-0.4, -0.2) is 190 Å². The number of aliphatic hydroxyl groups is 1. The van der Waals surface area contributed by atoms with Crippen molar-refractivity contribution in [1.82, 2.24) is 54.9 Å². The highest BCUT2D eigenvalue weighted by Gasteiger charge is 2.46. The number of aromatic amines is 2. The normalized spacial score (nSPS) is 24.2. The van der Waals surface area contributed by atoms with Crippen LogP contribution in [0.4, 0.5) is 26.8 Å². The zero-order valence-corrected chi connectivity index (χ0v) is 61.5. The van der Waals surface area contributed by atoms with Crippen LogP contribution in [0.2, 0.25) is 0 Å². The number of nitrogens with one attached hydrogen (secondary N) is 6. The Balaban J connectivity index is 0.812. The zero-order valence-electron chi connectivity index (χ0n) is 58.1. The number of H-pyrrole nitrogens is 2. The van der Waals surface area contributed by atoms with Crippen LogP contribution in [0.25, 0.3) is 11.0 Å². The van der Waals surface area contributed by atoms with Gasteiger partial charge in [-0.05, 0) is 38.1 Å². The largest absolute Gasteiger partial charge is 0.390 e. The molecule has 15 atom stereocenters. The molecule has 5 saturated heterocycles. The number of aromatic nitrogens is 7. The first-order valence-electron chi connectivity index (χ1n) is 33.1. The van der Waals surface area contributed by atoms with Gasteiger partial charge in [-0.2, -0.15) is 0 Å². The standard InChI is InChI=1S/C65H69N15O25P2S2/c1-32(73-41-23-69-64(89)108-60(41)85)39-14-10-34(17-42(39)79(91)92)8-12-36-25-76(57-55(36)56(67)71-31-72-57)52-19-44(81)48(101-52)29-98-106(4,95)105-46-21-54(78-27-38(59(84)75-63(78)88)13-9-35-11-15-40(43(18-35)80(93)94)33(2)100-47-24-70-65(90)109-61(47)86)103-50(46)30-99-107(5,96)104-45-20-53(102-49(45)28-97-3)77-26-37(58(83)74-62(77)87)7-6-16-68-51(82)22-66/h10-11,14-15,17-18,25-27,31-33,41,44-50,52-54,73,81H,16,19-24,28-30,66H2,1-5H3,(H,68,82)(H,69,89)(H,70,90)(H2,67,71,72)(H,74,83,87)(H,75,84,88)/t32?,33?,41?,44-,45-,46-,47?,48+,49+,50+,52+,53+,54+,106?,107?/m0/s1. The summed E-state index contributed by atoms with van der Waals surface area (Å²) in [7, 11) is -7.35. The minimum absolute atomic E-state index is 0.00219. The van der Waals surface area contributed by atoms with E-state index in [2.05, 4.69) is 76.7 Å². The molecule has 6 aromatic rings. The molecular weight excluding hydrogens is 1520 g/mol. The molecule has 40 nitrogen and oxygen atoms in total. The van der Waals surface area contributed by atoms with Gasteiger partial charge in [0.05, 0.1) is 96.3 Å². The molecular formula is C65H69N15O25P2S2. The fraction of sp³-hybridized carbons (Fsp3) is 0.431. The molecule has 3 amide bonds. The van der Waals surface area contributed by atoms with E-state index < -0.39 is 173 Å². The van der Waals surface area contributed by atoms with Crippen molar-refractivity contribution < 1.29 is 89.8 Å². The number of hydrogen-bond acceptors (Lipinski definition) is 32. The highest BCUT2D eigenvalue weighted by molar-refractivity contribution is 8.26. The summed E-state index contributed by atoms with van der Waals surface area (Å²) in [4.78, 5) is 149. The molecule has 11 rings (SSSR count). The van der Waals surface area contributed by atoms with Gasteiger partial charge in [0.25, 0.3) is 33.0 Å². The highest BCUT2D eigenvalue weighted by atomic mass is 32.2. The quantitative estimate of drug-likeness (QED) is 0.0171. The lowest BCUT2D eigenvalue weighted by Gasteiger charge is -2.26. The molecule has 0 saturated carbocycles. The number of thioether (sulfide) groups is 2. The Bertz CT molecular complexity index is 5190. The van der Waals surface area contributed by atoms with E-state index >= 15 is 0 Å². The Kier molecular flexibility index (Phi) is 25.3. The third kappa shape index (κ3) is 19.4. The second-order valence-electron chi connectivity index (χ2n) is 25.1. The summed E-state index contributed by atoms with van der Waals surface area (Å²) < 4.78 is 86.7. The van der Waals surface area contributed by atoms with Crippen molar-refractivity contribution in [2.24, 2.45) is 5.73 Å². The molecule has 44 heteroatoms. The molecule has 5 aliphatic heterocycles. The third-order valence-electron chi connectivity index (χ3n) is 17.5. The predicted molar refractivity (Wildman–Crippen MR) is 384 cm³/mol. The lowest BCUT2D eigenvalue weighted by atomic mass is 10.0. The van der Waals surface area contributed by atoms with E-state index in [-0.39, 0.29) is 114 Å². The summed E-state index contributed by atoms with van der Waals surface area (Å²) in [5.74, 6) is 15.9. The van der Waals surface area contributed by atoms with Crippen molar-refractivity contribution in [3.8, 4) is 35.5 Å². The lowest BCUT2D eigenvalue weighted by molar-refractivity contribution is -0.386. The zero-order chi connectivity index (χ0) is 78.3. The Morgan fingerprint density at radius 3 is 1.82 bits per heavy atom. The van der Waals surface area contributed by atoms with Crippen molar-refractivity contribution in [1.29, 1.82) is 0 Å². The first kappa shape index (κ1) is 80.2.